The minimum atomic E-state index is -4.64. The fraction of sp³-hybridized carbons (Fsp3) is 0.615. The minimum Gasteiger partial charge on any atom is -0.462 e. The van der Waals surface area contributed by atoms with Gasteiger partial charge in [-0.15, -0.1) is 0 Å². The molecule has 22 heavy (non-hydrogen) atoms. The van der Waals surface area contributed by atoms with Crippen LogP contribution in [0.1, 0.15) is 35.8 Å². The van der Waals surface area contributed by atoms with E-state index in [-0.39, 0.29) is 18.1 Å². The molecule has 1 aromatic heterocycles. The van der Waals surface area contributed by atoms with Crippen LogP contribution in [0.15, 0.2) is 6.20 Å². The Morgan fingerprint density at radius 2 is 2.18 bits per heavy atom. The van der Waals surface area contributed by atoms with Crippen LogP contribution in [0.25, 0.3) is 0 Å². The van der Waals surface area contributed by atoms with Gasteiger partial charge in [0.05, 0.1) is 17.9 Å². The molecule has 122 valence electrons. The van der Waals surface area contributed by atoms with E-state index in [1.807, 2.05) is 0 Å². The summed E-state index contributed by atoms with van der Waals surface area (Å²) >= 11 is 0. The van der Waals surface area contributed by atoms with Gasteiger partial charge in [-0.3, -0.25) is 0 Å². The topological polar surface area (TPSA) is 84.3 Å². The van der Waals surface area contributed by atoms with E-state index in [1.165, 1.54) is 6.20 Å². The summed E-state index contributed by atoms with van der Waals surface area (Å²) in [7, 11) is 0. The van der Waals surface area contributed by atoms with Crippen molar-refractivity contribution in [2.24, 2.45) is 0 Å². The van der Waals surface area contributed by atoms with Crippen LogP contribution in [-0.4, -0.2) is 45.5 Å². The molecule has 1 aliphatic carbocycles. The molecular formula is C13H16F3N3O3. The van der Waals surface area contributed by atoms with E-state index in [9.17, 15) is 23.1 Å². The molecule has 1 heterocycles. The van der Waals surface area contributed by atoms with Crippen LogP contribution in [0.3, 0.4) is 0 Å². The van der Waals surface area contributed by atoms with Crippen LogP contribution in [0, 0.1) is 6.92 Å². The van der Waals surface area contributed by atoms with Gasteiger partial charge in [-0.25, -0.2) is 14.8 Å². The molecule has 9 heteroatoms. The Labute approximate surface area is 124 Å². The van der Waals surface area contributed by atoms with E-state index in [1.54, 1.807) is 13.8 Å². The molecule has 1 saturated carbocycles. The van der Waals surface area contributed by atoms with E-state index in [4.69, 9.17) is 4.74 Å². The second kappa shape index (κ2) is 5.71. The highest BCUT2D eigenvalue weighted by Crippen LogP contribution is 2.45. The van der Waals surface area contributed by atoms with E-state index in [2.05, 4.69) is 15.3 Å². The van der Waals surface area contributed by atoms with Gasteiger partial charge in [-0.2, -0.15) is 13.2 Å². The molecule has 0 radical (unpaired) electrons. The Bertz CT molecular complexity index is 571. The lowest BCUT2D eigenvalue weighted by atomic mass is 9.75. The first-order chi connectivity index (χ1) is 10.2. The second-order valence-electron chi connectivity index (χ2n) is 5.19. The number of rotatable bonds is 4. The Hall–Kier alpha value is -1.90. The van der Waals surface area contributed by atoms with Gasteiger partial charge in [0.15, 0.2) is 5.60 Å². The summed E-state index contributed by atoms with van der Waals surface area (Å²) in [5.41, 5.74) is -2.08. The third kappa shape index (κ3) is 3.13. The number of hydrogen-bond acceptors (Lipinski definition) is 6. The summed E-state index contributed by atoms with van der Waals surface area (Å²) in [4.78, 5) is 19.5. The molecule has 1 aliphatic rings. The van der Waals surface area contributed by atoms with E-state index < -0.39 is 36.6 Å². The first-order valence-electron chi connectivity index (χ1n) is 6.72. The van der Waals surface area contributed by atoms with Crippen LogP contribution >= 0.6 is 0 Å². The number of aryl methyl sites for hydroxylation is 1. The minimum absolute atomic E-state index is 0.111. The second-order valence-corrected chi connectivity index (χ2v) is 5.19. The monoisotopic (exact) mass is 319 g/mol. The molecule has 1 fully saturated rings. The summed E-state index contributed by atoms with van der Waals surface area (Å²) in [6.07, 6.45) is -4.30. The standard InChI is InChI=1S/C13H16F3N3O3/c1-3-22-10(20)9-6-17-11(18-7(9)2)19-8-4-12(21,5-8)13(14,15)16/h6,8,21H,3-5H2,1-2H3,(H,17,18,19). The van der Waals surface area contributed by atoms with Gasteiger partial charge >= 0.3 is 12.1 Å². The molecule has 0 atom stereocenters. The average Bonchev–Trinajstić information content (AvgIpc) is 2.35. The zero-order chi connectivity index (χ0) is 16.5. The Balaban J connectivity index is 1.99. The highest BCUT2D eigenvalue weighted by atomic mass is 19.4. The van der Waals surface area contributed by atoms with Gasteiger partial charge in [0, 0.05) is 25.1 Å². The predicted molar refractivity (Wildman–Crippen MR) is 70.4 cm³/mol. The molecule has 0 aromatic carbocycles. The quantitative estimate of drug-likeness (QED) is 0.824. The van der Waals surface area contributed by atoms with Crippen molar-refractivity contribution in [2.75, 3.05) is 11.9 Å². The van der Waals surface area contributed by atoms with Crippen molar-refractivity contribution in [1.29, 1.82) is 0 Å². The molecule has 0 bridgehead atoms. The number of nitrogens with one attached hydrogen (secondary N) is 1. The smallest absolute Gasteiger partial charge is 0.417 e. The normalized spacial score (nSPS) is 24.5. The molecule has 0 spiro atoms. The van der Waals surface area contributed by atoms with Gasteiger partial charge < -0.3 is 15.2 Å². The zero-order valence-corrected chi connectivity index (χ0v) is 12.1. The lowest BCUT2D eigenvalue weighted by Crippen LogP contribution is -2.59. The average molecular weight is 319 g/mol. The Kier molecular flexibility index (Phi) is 4.28. The number of esters is 1. The first kappa shape index (κ1) is 16.5. The molecular weight excluding hydrogens is 303 g/mol. The third-order valence-electron chi connectivity index (χ3n) is 3.50. The van der Waals surface area contributed by atoms with Crippen LogP contribution in [0.5, 0.6) is 0 Å². The van der Waals surface area contributed by atoms with Crippen molar-refractivity contribution in [1.82, 2.24) is 9.97 Å². The predicted octanol–water partition coefficient (Wildman–Crippen LogP) is 1.83. The number of carbonyl (C=O) groups is 1. The molecule has 0 aliphatic heterocycles. The lowest BCUT2D eigenvalue weighted by Gasteiger charge is -2.44. The molecule has 0 saturated heterocycles. The lowest BCUT2D eigenvalue weighted by molar-refractivity contribution is -0.288. The number of halogens is 3. The van der Waals surface area contributed by atoms with E-state index in [0.717, 1.165) is 0 Å². The molecule has 2 N–H and O–H groups in total. The van der Waals surface area contributed by atoms with Gasteiger partial charge in [0.2, 0.25) is 5.95 Å². The molecule has 6 nitrogen and oxygen atoms in total. The number of aliphatic hydroxyl groups is 1. The highest BCUT2D eigenvalue weighted by Gasteiger charge is 2.61. The van der Waals surface area contributed by atoms with Crippen LogP contribution in [-0.2, 0) is 4.74 Å². The number of ether oxygens (including phenoxy) is 1. The number of nitrogens with zero attached hydrogens (tertiary/aromatic N) is 2. The van der Waals surface area contributed by atoms with Gasteiger partial charge in [-0.05, 0) is 13.8 Å². The number of anilines is 1. The van der Waals surface area contributed by atoms with Crippen molar-refractivity contribution in [2.45, 2.75) is 44.5 Å². The third-order valence-corrected chi connectivity index (χ3v) is 3.50. The molecule has 0 unspecified atom stereocenters. The number of aromatic nitrogens is 2. The van der Waals surface area contributed by atoms with Crippen molar-refractivity contribution in [3.05, 3.63) is 17.5 Å². The van der Waals surface area contributed by atoms with E-state index >= 15 is 0 Å². The first-order valence-corrected chi connectivity index (χ1v) is 6.72. The fourth-order valence-electron chi connectivity index (χ4n) is 2.22. The van der Waals surface area contributed by atoms with Crippen LogP contribution in [0.4, 0.5) is 19.1 Å². The Morgan fingerprint density at radius 3 is 2.68 bits per heavy atom. The maximum absolute atomic E-state index is 12.5. The molecule has 0 amide bonds. The summed E-state index contributed by atoms with van der Waals surface area (Å²) < 4.78 is 42.4. The van der Waals surface area contributed by atoms with Gasteiger partial charge in [0.25, 0.3) is 0 Å². The zero-order valence-electron chi connectivity index (χ0n) is 12.1. The maximum atomic E-state index is 12.5. The van der Waals surface area contributed by atoms with Crippen molar-refractivity contribution in [3.8, 4) is 0 Å². The highest BCUT2D eigenvalue weighted by molar-refractivity contribution is 5.90. The van der Waals surface area contributed by atoms with Crippen molar-refractivity contribution in [3.63, 3.8) is 0 Å². The van der Waals surface area contributed by atoms with Gasteiger partial charge in [-0.1, -0.05) is 0 Å². The SMILES string of the molecule is CCOC(=O)c1cnc(NC2CC(O)(C(F)(F)F)C2)nc1C. The summed E-state index contributed by atoms with van der Waals surface area (Å²) in [6, 6.07) is -0.570. The van der Waals surface area contributed by atoms with Gasteiger partial charge in [0.1, 0.15) is 0 Å². The number of carbonyl (C=O) groups excluding carboxylic acids is 1. The van der Waals surface area contributed by atoms with Crippen molar-refractivity contribution < 1.29 is 27.8 Å². The Morgan fingerprint density at radius 1 is 1.55 bits per heavy atom. The molecule has 2 rings (SSSR count). The largest absolute Gasteiger partial charge is 0.462 e. The fourth-order valence-corrected chi connectivity index (χ4v) is 2.22. The number of alkyl halides is 3. The van der Waals surface area contributed by atoms with Crippen molar-refractivity contribution >= 4 is 11.9 Å². The summed E-state index contributed by atoms with van der Waals surface area (Å²) in [6.45, 7) is 3.46. The molecule has 1 aromatic rings. The van der Waals surface area contributed by atoms with E-state index in [0.29, 0.717) is 5.69 Å². The maximum Gasteiger partial charge on any atom is 0.417 e. The van der Waals surface area contributed by atoms with Crippen LogP contribution in [0.2, 0.25) is 0 Å². The summed E-state index contributed by atoms with van der Waals surface area (Å²) in [5.74, 6) is -0.443. The number of hydrogen-bond donors (Lipinski definition) is 2. The summed E-state index contributed by atoms with van der Waals surface area (Å²) in [5, 5.41) is 12.1. The van der Waals surface area contributed by atoms with Crippen LogP contribution < -0.4 is 5.32 Å².